The second-order valence-electron chi connectivity index (χ2n) is 25.2. The Hall–Kier alpha value is -2.63. The van der Waals surface area contributed by atoms with E-state index in [1.54, 1.807) is 0 Å². The standard InChI is InChI=1S/C77H142O6/c1-4-7-10-13-16-19-22-25-28-31-33-34-35-36-37-38-39-40-41-42-44-46-49-52-55-58-61-64-67-70-76(79)82-73-74(72-81-75(78)69-66-63-60-57-54-51-48-45-30-27-24-21-18-15-12-9-6-3)83-77(80)71-68-65-62-59-56-53-50-47-43-32-29-26-23-20-17-14-11-8-5-2/h17,20,26,29,31,33,43,47,74H,4-16,18-19,21-25,27-28,30,32,34-42,44-46,48-73H2,1-3H3/b20-17-,29-26-,33-31-,47-43-. The van der Waals surface area contributed by atoms with E-state index in [2.05, 4.69) is 69.4 Å². The van der Waals surface area contributed by atoms with Gasteiger partial charge >= 0.3 is 17.9 Å². The highest BCUT2D eigenvalue weighted by Crippen LogP contribution is 2.19. The van der Waals surface area contributed by atoms with Crippen LogP contribution in [0.5, 0.6) is 0 Å². The summed E-state index contributed by atoms with van der Waals surface area (Å²) in [6.45, 7) is 6.68. The molecule has 0 saturated heterocycles. The maximum atomic E-state index is 13.0. The number of hydrogen-bond donors (Lipinski definition) is 0. The molecule has 0 N–H and O–H groups in total. The van der Waals surface area contributed by atoms with Gasteiger partial charge in [-0.15, -0.1) is 0 Å². The second kappa shape index (κ2) is 71.8. The summed E-state index contributed by atoms with van der Waals surface area (Å²) in [6.07, 6.45) is 91.5. The van der Waals surface area contributed by atoms with E-state index in [1.165, 1.54) is 289 Å². The van der Waals surface area contributed by atoms with Crippen LogP contribution < -0.4 is 0 Å². The fraction of sp³-hybridized carbons (Fsp3) is 0.857. The van der Waals surface area contributed by atoms with E-state index in [0.717, 1.165) is 77.0 Å². The Morgan fingerprint density at radius 2 is 0.434 bits per heavy atom. The van der Waals surface area contributed by atoms with Crippen LogP contribution in [0.25, 0.3) is 0 Å². The molecule has 0 rings (SSSR count). The molecule has 0 aliphatic carbocycles. The minimum Gasteiger partial charge on any atom is -0.462 e. The largest absolute Gasteiger partial charge is 0.462 e. The van der Waals surface area contributed by atoms with Crippen molar-refractivity contribution in [1.29, 1.82) is 0 Å². The summed E-state index contributed by atoms with van der Waals surface area (Å²) in [7, 11) is 0. The Bertz CT molecular complexity index is 1430. The Morgan fingerprint density at radius 1 is 0.241 bits per heavy atom. The maximum absolute atomic E-state index is 13.0. The molecule has 0 bridgehead atoms. The lowest BCUT2D eigenvalue weighted by molar-refractivity contribution is -0.167. The molecule has 0 fully saturated rings. The lowest BCUT2D eigenvalue weighted by Gasteiger charge is -2.18. The van der Waals surface area contributed by atoms with Gasteiger partial charge in [0.2, 0.25) is 0 Å². The van der Waals surface area contributed by atoms with Crippen molar-refractivity contribution in [3.8, 4) is 0 Å². The zero-order chi connectivity index (χ0) is 59.9. The quantitative estimate of drug-likeness (QED) is 0.0261. The first kappa shape index (κ1) is 80.4. The molecule has 0 heterocycles. The monoisotopic (exact) mass is 1160 g/mol. The van der Waals surface area contributed by atoms with Gasteiger partial charge in [-0.05, 0) is 83.5 Å². The van der Waals surface area contributed by atoms with Gasteiger partial charge < -0.3 is 14.2 Å². The third-order valence-electron chi connectivity index (χ3n) is 16.8. The fourth-order valence-corrected chi connectivity index (χ4v) is 11.2. The molecule has 0 aromatic rings. The zero-order valence-corrected chi connectivity index (χ0v) is 56.0. The van der Waals surface area contributed by atoms with Crippen LogP contribution >= 0.6 is 0 Å². The van der Waals surface area contributed by atoms with E-state index in [0.29, 0.717) is 19.3 Å². The van der Waals surface area contributed by atoms with Gasteiger partial charge in [0.15, 0.2) is 6.10 Å². The van der Waals surface area contributed by atoms with Crippen molar-refractivity contribution in [2.75, 3.05) is 13.2 Å². The van der Waals surface area contributed by atoms with Gasteiger partial charge in [0.25, 0.3) is 0 Å². The van der Waals surface area contributed by atoms with E-state index in [1.807, 2.05) is 0 Å². The van der Waals surface area contributed by atoms with E-state index < -0.39 is 6.10 Å². The van der Waals surface area contributed by atoms with Crippen molar-refractivity contribution in [3.05, 3.63) is 48.6 Å². The first-order valence-corrected chi connectivity index (χ1v) is 37.1. The smallest absolute Gasteiger partial charge is 0.306 e. The van der Waals surface area contributed by atoms with Crippen LogP contribution in [-0.4, -0.2) is 37.2 Å². The average Bonchev–Trinajstić information content (AvgIpc) is 3.49. The second-order valence-corrected chi connectivity index (χ2v) is 25.2. The third-order valence-corrected chi connectivity index (χ3v) is 16.8. The van der Waals surface area contributed by atoms with Crippen LogP contribution in [0.1, 0.15) is 406 Å². The average molecular weight is 1160 g/mol. The van der Waals surface area contributed by atoms with Gasteiger partial charge in [0.1, 0.15) is 13.2 Å². The number of esters is 3. The summed E-state index contributed by atoms with van der Waals surface area (Å²) in [4.78, 5) is 38.5. The van der Waals surface area contributed by atoms with Crippen LogP contribution in [0, 0.1) is 0 Å². The molecule has 0 aromatic carbocycles. The first-order chi connectivity index (χ1) is 41.0. The molecular weight excluding hydrogens is 1020 g/mol. The zero-order valence-electron chi connectivity index (χ0n) is 56.0. The minimum atomic E-state index is -0.779. The molecule has 1 unspecified atom stereocenters. The summed E-state index contributed by atoms with van der Waals surface area (Å²) < 4.78 is 17.0. The Morgan fingerprint density at radius 3 is 0.711 bits per heavy atom. The normalized spacial score (nSPS) is 12.3. The molecule has 486 valence electrons. The van der Waals surface area contributed by atoms with Crippen molar-refractivity contribution in [2.24, 2.45) is 0 Å². The maximum Gasteiger partial charge on any atom is 0.306 e. The Kier molecular flexibility index (Phi) is 69.6. The van der Waals surface area contributed by atoms with Gasteiger partial charge in [-0.2, -0.15) is 0 Å². The Balaban J connectivity index is 4.25. The molecule has 0 amide bonds. The molecule has 1 atom stereocenters. The summed E-state index contributed by atoms with van der Waals surface area (Å²) in [5.41, 5.74) is 0. The molecule has 0 aromatic heterocycles. The van der Waals surface area contributed by atoms with Gasteiger partial charge in [0, 0.05) is 19.3 Å². The van der Waals surface area contributed by atoms with E-state index in [9.17, 15) is 14.4 Å². The van der Waals surface area contributed by atoms with Crippen LogP contribution in [0.15, 0.2) is 48.6 Å². The third kappa shape index (κ3) is 70.0. The van der Waals surface area contributed by atoms with Crippen LogP contribution in [0.4, 0.5) is 0 Å². The fourth-order valence-electron chi connectivity index (χ4n) is 11.2. The highest BCUT2D eigenvalue weighted by molar-refractivity contribution is 5.71. The topological polar surface area (TPSA) is 78.9 Å². The number of rotatable bonds is 69. The van der Waals surface area contributed by atoms with Gasteiger partial charge in [-0.25, -0.2) is 0 Å². The number of unbranched alkanes of at least 4 members (excludes halogenated alkanes) is 50. The van der Waals surface area contributed by atoms with E-state index in [-0.39, 0.29) is 31.1 Å². The molecule has 0 saturated carbocycles. The molecule has 6 nitrogen and oxygen atoms in total. The predicted molar refractivity (Wildman–Crippen MR) is 362 cm³/mol. The van der Waals surface area contributed by atoms with Crippen molar-refractivity contribution in [3.63, 3.8) is 0 Å². The molecule has 0 spiro atoms. The van der Waals surface area contributed by atoms with E-state index in [4.69, 9.17) is 14.2 Å². The lowest BCUT2D eigenvalue weighted by atomic mass is 10.0. The molecule has 0 aliphatic rings. The van der Waals surface area contributed by atoms with Crippen LogP contribution in [0.3, 0.4) is 0 Å². The number of carbonyl (C=O) groups excluding carboxylic acids is 3. The van der Waals surface area contributed by atoms with Gasteiger partial charge in [-0.3, -0.25) is 14.4 Å². The van der Waals surface area contributed by atoms with E-state index >= 15 is 0 Å². The minimum absolute atomic E-state index is 0.0733. The number of ether oxygens (including phenoxy) is 3. The highest BCUT2D eigenvalue weighted by atomic mass is 16.6. The first-order valence-electron chi connectivity index (χ1n) is 37.1. The molecule has 83 heavy (non-hydrogen) atoms. The van der Waals surface area contributed by atoms with Crippen molar-refractivity contribution in [1.82, 2.24) is 0 Å². The summed E-state index contributed by atoms with van der Waals surface area (Å²) in [5, 5.41) is 0. The molecule has 6 heteroatoms. The SMILES string of the molecule is CCCCC/C=C\C/C=C\C/C=C\CCCCCCCCC(=O)OC(COC(=O)CCCCCCCCCCCCCCCCCCC)COC(=O)CCCCCCCCCCCCCCCCCCC/C=C\CCCCCCCCCC. The Labute approximate surface area is 518 Å². The van der Waals surface area contributed by atoms with Crippen molar-refractivity contribution >= 4 is 17.9 Å². The molecular formula is C77H142O6. The van der Waals surface area contributed by atoms with Crippen molar-refractivity contribution < 1.29 is 28.6 Å². The predicted octanol–water partition coefficient (Wildman–Crippen LogP) is 25.7. The van der Waals surface area contributed by atoms with Crippen molar-refractivity contribution in [2.45, 2.75) is 412 Å². The number of carbonyl (C=O) groups is 3. The van der Waals surface area contributed by atoms with Crippen LogP contribution in [-0.2, 0) is 28.6 Å². The number of hydrogen-bond acceptors (Lipinski definition) is 6. The number of allylic oxidation sites excluding steroid dienone is 8. The van der Waals surface area contributed by atoms with Crippen LogP contribution in [0.2, 0.25) is 0 Å². The molecule has 0 radical (unpaired) electrons. The van der Waals surface area contributed by atoms with Gasteiger partial charge in [0.05, 0.1) is 0 Å². The summed E-state index contributed by atoms with van der Waals surface area (Å²) in [6, 6.07) is 0. The highest BCUT2D eigenvalue weighted by Gasteiger charge is 2.19. The lowest BCUT2D eigenvalue weighted by Crippen LogP contribution is -2.30. The summed E-state index contributed by atoms with van der Waals surface area (Å²) in [5.74, 6) is -0.856. The van der Waals surface area contributed by atoms with Gasteiger partial charge in [-0.1, -0.05) is 352 Å². The summed E-state index contributed by atoms with van der Waals surface area (Å²) >= 11 is 0. The molecule has 0 aliphatic heterocycles.